The summed E-state index contributed by atoms with van der Waals surface area (Å²) in [6, 6.07) is 8.12. The first-order valence-electron chi connectivity index (χ1n) is 6.63. The van der Waals surface area contributed by atoms with Gasteiger partial charge in [-0.15, -0.1) is 0 Å². The van der Waals surface area contributed by atoms with Gasteiger partial charge in [0.15, 0.2) is 0 Å². The number of aromatic amines is 1. The molecule has 1 aliphatic heterocycles. The Balaban J connectivity index is 1.87. The molecular formula is C14H18N4O. The predicted octanol–water partition coefficient (Wildman–Crippen LogP) is 0.717. The van der Waals surface area contributed by atoms with E-state index >= 15 is 0 Å². The molecule has 0 bridgehead atoms. The van der Waals surface area contributed by atoms with E-state index < -0.39 is 0 Å². The van der Waals surface area contributed by atoms with E-state index in [0.29, 0.717) is 18.3 Å². The van der Waals surface area contributed by atoms with E-state index in [2.05, 4.69) is 20.2 Å². The average molecular weight is 258 g/mol. The van der Waals surface area contributed by atoms with E-state index in [4.69, 9.17) is 0 Å². The highest BCUT2D eigenvalue weighted by Gasteiger charge is 2.20. The summed E-state index contributed by atoms with van der Waals surface area (Å²) in [6.07, 6.45) is 1.13. The van der Waals surface area contributed by atoms with E-state index in [9.17, 15) is 4.79 Å². The normalized spacial score (nSPS) is 19.4. The Bertz CT molecular complexity index is 631. The summed E-state index contributed by atoms with van der Waals surface area (Å²) in [5, 5.41) is 3.34. The van der Waals surface area contributed by atoms with Gasteiger partial charge in [-0.05, 0) is 32.1 Å². The molecule has 5 heteroatoms. The van der Waals surface area contributed by atoms with Crippen LogP contribution >= 0.6 is 0 Å². The fourth-order valence-corrected chi connectivity index (χ4v) is 2.56. The number of fused-ring (bicyclic) bond motifs is 1. The highest BCUT2D eigenvalue weighted by atomic mass is 16.1. The summed E-state index contributed by atoms with van der Waals surface area (Å²) in [5.74, 6) is 0. The quantitative estimate of drug-likeness (QED) is 0.851. The van der Waals surface area contributed by atoms with E-state index in [-0.39, 0.29) is 5.56 Å². The van der Waals surface area contributed by atoms with Crippen molar-refractivity contribution in [2.45, 2.75) is 19.0 Å². The second-order valence-electron chi connectivity index (χ2n) is 5.09. The van der Waals surface area contributed by atoms with Crippen molar-refractivity contribution in [2.75, 3.05) is 20.1 Å². The van der Waals surface area contributed by atoms with Gasteiger partial charge in [0.1, 0.15) is 5.69 Å². The molecule has 1 aromatic heterocycles. The lowest BCUT2D eigenvalue weighted by Crippen LogP contribution is -2.35. The molecule has 19 heavy (non-hydrogen) atoms. The molecule has 0 saturated carbocycles. The van der Waals surface area contributed by atoms with Crippen molar-refractivity contribution < 1.29 is 0 Å². The molecule has 0 radical (unpaired) electrons. The summed E-state index contributed by atoms with van der Waals surface area (Å²) < 4.78 is 0. The molecule has 3 rings (SSSR count). The lowest BCUT2D eigenvalue weighted by atomic mass is 10.2. The Labute approximate surface area is 111 Å². The molecule has 1 saturated heterocycles. The number of nitrogens with one attached hydrogen (secondary N) is 2. The number of hydrogen-bond donors (Lipinski definition) is 2. The number of hydrogen-bond acceptors (Lipinski definition) is 4. The highest BCUT2D eigenvalue weighted by Crippen LogP contribution is 2.10. The van der Waals surface area contributed by atoms with Crippen molar-refractivity contribution in [1.29, 1.82) is 0 Å². The van der Waals surface area contributed by atoms with Crippen molar-refractivity contribution >= 4 is 11.0 Å². The first-order valence-corrected chi connectivity index (χ1v) is 6.63. The number of para-hydroxylation sites is 2. The van der Waals surface area contributed by atoms with Gasteiger partial charge < -0.3 is 10.3 Å². The lowest BCUT2D eigenvalue weighted by Gasteiger charge is -2.22. The van der Waals surface area contributed by atoms with Gasteiger partial charge in [0, 0.05) is 19.1 Å². The molecule has 2 heterocycles. The van der Waals surface area contributed by atoms with Crippen LogP contribution in [-0.4, -0.2) is 41.0 Å². The Morgan fingerprint density at radius 1 is 1.42 bits per heavy atom. The van der Waals surface area contributed by atoms with Gasteiger partial charge >= 0.3 is 0 Å². The lowest BCUT2D eigenvalue weighted by molar-refractivity contribution is 0.245. The monoisotopic (exact) mass is 258 g/mol. The minimum absolute atomic E-state index is 0.0866. The second kappa shape index (κ2) is 5.11. The van der Waals surface area contributed by atoms with Gasteiger partial charge in [-0.1, -0.05) is 12.1 Å². The molecule has 5 nitrogen and oxygen atoms in total. The summed E-state index contributed by atoms with van der Waals surface area (Å²) in [5.41, 5.74) is 2.14. The van der Waals surface area contributed by atoms with Crippen LogP contribution in [0.1, 0.15) is 12.1 Å². The van der Waals surface area contributed by atoms with Crippen LogP contribution in [-0.2, 0) is 6.54 Å². The molecule has 1 aromatic carbocycles. The summed E-state index contributed by atoms with van der Waals surface area (Å²) in [7, 11) is 2.05. The van der Waals surface area contributed by atoms with Gasteiger partial charge in [0.2, 0.25) is 0 Å². The van der Waals surface area contributed by atoms with Gasteiger partial charge in [0.25, 0.3) is 5.56 Å². The first kappa shape index (κ1) is 12.3. The summed E-state index contributed by atoms with van der Waals surface area (Å²) in [6.45, 7) is 2.63. The van der Waals surface area contributed by atoms with Crippen LogP contribution in [0.5, 0.6) is 0 Å². The number of benzene rings is 1. The molecule has 0 amide bonds. The van der Waals surface area contributed by atoms with Crippen molar-refractivity contribution in [3.63, 3.8) is 0 Å². The van der Waals surface area contributed by atoms with Crippen LogP contribution < -0.4 is 10.9 Å². The Morgan fingerprint density at radius 3 is 3.05 bits per heavy atom. The molecular weight excluding hydrogens is 240 g/mol. The second-order valence-corrected chi connectivity index (χ2v) is 5.09. The number of rotatable bonds is 3. The number of nitrogens with zero attached hydrogens (tertiary/aromatic N) is 2. The topological polar surface area (TPSA) is 61.0 Å². The average Bonchev–Trinajstić information content (AvgIpc) is 2.93. The van der Waals surface area contributed by atoms with Gasteiger partial charge in [0.05, 0.1) is 11.0 Å². The van der Waals surface area contributed by atoms with Gasteiger partial charge in [-0.3, -0.25) is 9.69 Å². The number of H-pyrrole nitrogens is 1. The molecule has 1 atom stereocenters. The third-order valence-corrected chi connectivity index (χ3v) is 3.73. The maximum absolute atomic E-state index is 12.0. The Hall–Kier alpha value is -1.72. The van der Waals surface area contributed by atoms with Gasteiger partial charge in [-0.2, -0.15) is 0 Å². The van der Waals surface area contributed by atoms with Crippen molar-refractivity contribution in [3.8, 4) is 0 Å². The smallest absolute Gasteiger partial charge is 0.271 e. The largest absolute Gasteiger partial charge is 0.319 e. The fourth-order valence-electron chi connectivity index (χ4n) is 2.56. The van der Waals surface area contributed by atoms with E-state index in [1.54, 1.807) is 0 Å². The van der Waals surface area contributed by atoms with Crippen LogP contribution in [0.4, 0.5) is 0 Å². The first-order chi connectivity index (χ1) is 9.24. The standard InChI is InChI=1S/C14H18N4O/c1-18(10-6-7-15-8-10)9-13-14(19)17-12-5-3-2-4-11(12)16-13/h2-5,10,15H,6-9H2,1H3,(H,17,19). The van der Waals surface area contributed by atoms with Gasteiger partial charge in [-0.25, -0.2) is 4.98 Å². The molecule has 1 aliphatic rings. The molecule has 2 aromatic rings. The third-order valence-electron chi connectivity index (χ3n) is 3.73. The van der Waals surface area contributed by atoms with Crippen LogP contribution in [0.15, 0.2) is 29.1 Å². The number of aromatic nitrogens is 2. The maximum atomic E-state index is 12.0. The summed E-state index contributed by atoms with van der Waals surface area (Å²) in [4.78, 5) is 21.6. The van der Waals surface area contributed by atoms with Crippen molar-refractivity contribution in [2.24, 2.45) is 0 Å². The Kier molecular flexibility index (Phi) is 3.31. The molecule has 2 N–H and O–H groups in total. The molecule has 1 fully saturated rings. The van der Waals surface area contributed by atoms with Crippen LogP contribution in [0, 0.1) is 0 Å². The van der Waals surface area contributed by atoms with Crippen LogP contribution in [0.3, 0.4) is 0 Å². The number of likely N-dealkylation sites (N-methyl/N-ethyl adjacent to an activating group) is 1. The zero-order chi connectivity index (χ0) is 13.2. The molecule has 0 aliphatic carbocycles. The molecule has 100 valence electrons. The SMILES string of the molecule is CN(Cc1nc2ccccc2[nH]c1=O)C1CCNC1. The fraction of sp³-hybridized carbons (Fsp3) is 0.429. The summed E-state index contributed by atoms with van der Waals surface area (Å²) >= 11 is 0. The molecule has 1 unspecified atom stereocenters. The predicted molar refractivity (Wildman–Crippen MR) is 75.1 cm³/mol. The van der Waals surface area contributed by atoms with E-state index in [0.717, 1.165) is 30.5 Å². The zero-order valence-electron chi connectivity index (χ0n) is 11.0. The van der Waals surface area contributed by atoms with E-state index in [1.165, 1.54) is 0 Å². The third kappa shape index (κ3) is 2.52. The van der Waals surface area contributed by atoms with Crippen LogP contribution in [0.25, 0.3) is 11.0 Å². The highest BCUT2D eigenvalue weighted by molar-refractivity contribution is 5.73. The van der Waals surface area contributed by atoms with Crippen LogP contribution in [0.2, 0.25) is 0 Å². The zero-order valence-corrected chi connectivity index (χ0v) is 11.0. The molecule has 0 spiro atoms. The van der Waals surface area contributed by atoms with Crippen molar-refractivity contribution in [3.05, 3.63) is 40.3 Å². The maximum Gasteiger partial charge on any atom is 0.271 e. The van der Waals surface area contributed by atoms with Crippen molar-refractivity contribution in [1.82, 2.24) is 20.2 Å². The van der Waals surface area contributed by atoms with E-state index in [1.807, 2.05) is 31.3 Å². The minimum Gasteiger partial charge on any atom is -0.319 e. The minimum atomic E-state index is -0.0866. The Morgan fingerprint density at radius 2 is 2.26 bits per heavy atom.